The van der Waals surface area contributed by atoms with E-state index in [0.717, 1.165) is 22.3 Å². The minimum absolute atomic E-state index is 0.135. The maximum Gasteiger partial charge on any atom is 0.126 e. The quantitative estimate of drug-likeness (QED) is 0.802. The molecule has 0 aliphatic heterocycles. The van der Waals surface area contributed by atoms with E-state index in [4.69, 9.17) is 0 Å². The number of halogens is 2. The molecule has 0 aliphatic carbocycles. The molecule has 4 heteroatoms. The molecule has 1 unspecified atom stereocenters. The summed E-state index contributed by atoms with van der Waals surface area (Å²) in [6, 6.07) is 9.64. The van der Waals surface area contributed by atoms with Gasteiger partial charge >= 0.3 is 0 Å². The average molecular weight is 342 g/mol. The minimum Gasteiger partial charge on any atom is -0.306 e. The van der Waals surface area contributed by atoms with E-state index in [-0.39, 0.29) is 11.9 Å². The molecule has 0 amide bonds. The van der Waals surface area contributed by atoms with Crippen LogP contribution in [0.1, 0.15) is 35.4 Å². The lowest BCUT2D eigenvalue weighted by Gasteiger charge is -2.18. The Labute approximate surface area is 126 Å². The van der Waals surface area contributed by atoms with Crippen molar-refractivity contribution in [2.45, 2.75) is 26.3 Å². The normalized spacial score (nSPS) is 12.6. The number of benzene rings is 1. The fourth-order valence-electron chi connectivity index (χ4n) is 2.00. The van der Waals surface area contributed by atoms with Crippen LogP contribution in [0.15, 0.2) is 34.1 Å². The largest absolute Gasteiger partial charge is 0.306 e. The summed E-state index contributed by atoms with van der Waals surface area (Å²) in [6.45, 7) is 4.89. The summed E-state index contributed by atoms with van der Waals surface area (Å²) in [5.41, 5.74) is 1.80. The molecule has 102 valence electrons. The number of aryl methyl sites for hydroxylation is 1. The maximum atomic E-state index is 13.4. The van der Waals surface area contributed by atoms with Gasteiger partial charge in [-0.05, 0) is 65.1 Å². The monoisotopic (exact) mass is 341 g/mol. The molecule has 19 heavy (non-hydrogen) atoms. The van der Waals surface area contributed by atoms with Gasteiger partial charge < -0.3 is 5.32 Å². The average Bonchev–Trinajstić information content (AvgIpc) is 2.80. The zero-order chi connectivity index (χ0) is 13.8. The highest BCUT2D eigenvalue weighted by Crippen LogP contribution is 2.31. The maximum absolute atomic E-state index is 13.4. The van der Waals surface area contributed by atoms with Crippen LogP contribution in [0.2, 0.25) is 0 Å². The Morgan fingerprint density at radius 2 is 2.11 bits per heavy atom. The van der Waals surface area contributed by atoms with E-state index >= 15 is 0 Å². The van der Waals surface area contributed by atoms with Gasteiger partial charge in [-0.25, -0.2) is 4.39 Å². The Hall–Kier alpha value is -0.710. The van der Waals surface area contributed by atoms with Crippen LogP contribution in [-0.2, 0) is 0 Å². The predicted octanol–water partition coefficient (Wildman–Crippen LogP) is 5.05. The second-order valence-corrected chi connectivity index (χ2v) is 7.03. The highest BCUT2D eigenvalue weighted by Gasteiger charge is 2.16. The van der Waals surface area contributed by atoms with Gasteiger partial charge in [-0.15, -0.1) is 11.3 Å². The summed E-state index contributed by atoms with van der Waals surface area (Å²) in [5.74, 6) is -0.148. The van der Waals surface area contributed by atoms with Crippen molar-refractivity contribution in [1.82, 2.24) is 5.32 Å². The molecule has 0 radical (unpaired) electrons. The van der Waals surface area contributed by atoms with E-state index < -0.39 is 0 Å². The van der Waals surface area contributed by atoms with E-state index in [2.05, 4.69) is 40.3 Å². The van der Waals surface area contributed by atoms with Crippen molar-refractivity contribution in [3.8, 4) is 0 Å². The highest BCUT2D eigenvalue weighted by atomic mass is 79.9. The van der Waals surface area contributed by atoms with Crippen molar-refractivity contribution in [2.24, 2.45) is 0 Å². The minimum atomic E-state index is -0.148. The first kappa shape index (κ1) is 14.7. The first-order valence-electron chi connectivity index (χ1n) is 6.36. The van der Waals surface area contributed by atoms with Crippen molar-refractivity contribution in [3.05, 3.63) is 55.9 Å². The van der Waals surface area contributed by atoms with Gasteiger partial charge in [-0.3, -0.25) is 0 Å². The summed E-state index contributed by atoms with van der Waals surface area (Å²) in [6.07, 6.45) is 1.07. The lowest BCUT2D eigenvalue weighted by Crippen LogP contribution is -2.22. The molecule has 1 aromatic carbocycles. The first-order valence-corrected chi connectivity index (χ1v) is 7.97. The van der Waals surface area contributed by atoms with Crippen molar-refractivity contribution >= 4 is 27.3 Å². The van der Waals surface area contributed by atoms with Gasteiger partial charge in [-0.1, -0.05) is 19.1 Å². The van der Waals surface area contributed by atoms with Crippen LogP contribution in [0, 0.1) is 12.7 Å². The summed E-state index contributed by atoms with van der Waals surface area (Å²) in [5, 5.41) is 3.53. The van der Waals surface area contributed by atoms with Crippen molar-refractivity contribution in [2.75, 3.05) is 6.54 Å². The molecule has 0 aliphatic rings. The van der Waals surface area contributed by atoms with Gasteiger partial charge in [0, 0.05) is 4.88 Å². The molecular weight excluding hydrogens is 325 g/mol. The predicted molar refractivity (Wildman–Crippen MR) is 83.3 cm³/mol. The van der Waals surface area contributed by atoms with Gasteiger partial charge in [0.2, 0.25) is 0 Å². The third kappa shape index (κ3) is 3.65. The van der Waals surface area contributed by atoms with Crippen molar-refractivity contribution in [3.63, 3.8) is 0 Å². The molecule has 0 spiro atoms. The van der Waals surface area contributed by atoms with E-state index in [0.29, 0.717) is 5.56 Å². The zero-order valence-electron chi connectivity index (χ0n) is 11.0. The molecule has 2 aromatic rings. The van der Waals surface area contributed by atoms with Crippen LogP contribution in [0.4, 0.5) is 4.39 Å². The Morgan fingerprint density at radius 1 is 1.32 bits per heavy atom. The van der Waals surface area contributed by atoms with Gasteiger partial charge in [0.05, 0.1) is 9.83 Å². The third-order valence-electron chi connectivity index (χ3n) is 2.99. The van der Waals surface area contributed by atoms with E-state index in [1.54, 1.807) is 24.3 Å². The summed E-state index contributed by atoms with van der Waals surface area (Å²) in [4.78, 5) is 1.24. The summed E-state index contributed by atoms with van der Waals surface area (Å²) >= 11 is 5.21. The summed E-state index contributed by atoms with van der Waals surface area (Å²) < 4.78 is 14.5. The molecule has 1 aromatic heterocycles. The van der Waals surface area contributed by atoms with Gasteiger partial charge in [-0.2, -0.15) is 0 Å². The van der Waals surface area contributed by atoms with Crippen LogP contribution < -0.4 is 5.32 Å². The second-order valence-electron chi connectivity index (χ2n) is 4.54. The molecule has 0 bridgehead atoms. The highest BCUT2D eigenvalue weighted by molar-refractivity contribution is 9.11. The van der Waals surface area contributed by atoms with Crippen molar-refractivity contribution in [1.29, 1.82) is 0 Å². The number of nitrogens with one attached hydrogen (secondary N) is 1. The standard InChI is InChI=1S/C15H17BrFNS/c1-3-8-18-15(13-6-7-14(16)19-13)11-4-5-12(17)10(2)9-11/h4-7,9,15,18H,3,8H2,1-2H3. The Kier molecular flexibility index (Phi) is 5.13. The molecule has 0 saturated carbocycles. The fraction of sp³-hybridized carbons (Fsp3) is 0.333. The smallest absolute Gasteiger partial charge is 0.126 e. The first-order chi connectivity index (χ1) is 9.11. The SMILES string of the molecule is CCCNC(c1ccc(F)c(C)c1)c1ccc(Br)s1. The number of thiophene rings is 1. The number of hydrogen-bond acceptors (Lipinski definition) is 2. The molecule has 1 N–H and O–H groups in total. The zero-order valence-corrected chi connectivity index (χ0v) is 13.4. The van der Waals surface area contributed by atoms with E-state index in [9.17, 15) is 4.39 Å². The topological polar surface area (TPSA) is 12.0 Å². The second kappa shape index (κ2) is 6.64. The van der Waals surface area contributed by atoms with Gasteiger partial charge in [0.15, 0.2) is 0 Å². The van der Waals surface area contributed by atoms with Crippen molar-refractivity contribution < 1.29 is 4.39 Å². The Morgan fingerprint density at radius 3 is 2.68 bits per heavy atom. The molecule has 0 fully saturated rings. The van der Waals surface area contributed by atoms with Crippen LogP contribution in [-0.4, -0.2) is 6.54 Å². The van der Waals surface area contributed by atoms with Crippen LogP contribution in [0.3, 0.4) is 0 Å². The lowest BCUT2D eigenvalue weighted by molar-refractivity contribution is 0.595. The molecule has 1 heterocycles. The van der Waals surface area contributed by atoms with Gasteiger partial charge in [0.25, 0.3) is 0 Å². The molecule has 2 rings (SSSR count). The number of hydrogen-bond donors (Lipinski definition) is 1. The summed E-state index contributed by atoms with van der Waals surface area (Å²) in [7, 11) is 0. The van der Waals surface area contributed by atoms with Gasteiger partial charge in [0.1, 0.15) is 5.82 Å². The Balaban J connectivity index is 2.33. The Bertz CT molecular complexity index is 553. The molecule has 0 saturated heterocycles. The molecular formula is C15H17BrFNS. The lowest BCUT2D eigenvalue weighted by atomic mass is 10.0. The number of rotatable bonds is 5. The molecule has 1 atom stereocenters. The fourth-order valence-corrected chi connectivity index (χ4v) is 3.53. The third-order valence-corrected chi connectivity index (χ3v) is 4.68. The van der Waals surface area contributed by atoms with Crippen LogP contribution >= 0.6 is 27.3 Å². The van der Waals surface area contributed by atoms with E-state index in [1.165, 1.54) is 4.88 Å². The van der Waals surface area contributed by atoms with Crippen LogP contribution in [0.25, 0.3) is 0 Å². The molecule has 1 nitrogen and oxygen atoms in total. The van der Waals surface area contributed by atoms with E-state index in [1.807, 2.05) is 12.1 Å². The van der Waals surface area contributed by atoms with Crippen LogP contribution in [0.5, 0.6) is 0 Å².